The van der Waals surface area contributed by atoms with Crippen molar-refractivity contribution in [2.75, 3.05) is 26.7 Å². The summed E-state index contributed by atoms with van der Waals surface area (Å²) in [4.78, 5) is 23.3. The number of benzene rings is 1. The molecular formula is C17H22N4O. The standard InChI is InChI=1S/C17H22N4O/c1-18-9-6-13-7-10-21(11-8-13)17(22)16-12-19-14-4-2-3-5-15(14)20-16/h2-5,12-13,18H,6-11H2,1H3. The molecule has 22 heavy (non-hydrogen) atoms. The van der Waals surface area contributed by atoms with Gasteiger partial charge in [0.15, 0.2) is 0 Å². The van der Waals surface area contributed by atoms with Crippen molar-refractivity contribution in [2.24, 2.45) is 5.92 Å². The number of fused-ring (bicyclic) bond motifs is 1. The lowest BCUT2D eigenvalue weighted by molar-refractivity contribution is 0.0681. The fraction of sp³-hybridized carbons (Fsp3) is 0.471. The number of amides is 1. The predicted molar refractivity (Wildman–Crippen MR) is 86.7 cm³/mol. The molecule has 1 fully saturated rings. The molecule has 0 spiro atoms. The summed E-state index contributed by atoms with van der Waals surface area (Å²) in [7, 11) is 1.98. The Morgan fingerprint density at radius 3 is 2.73 bits per heavy atom. The average Bonchev–Trinajstić information content (AvgIpc) is 2.59. The van der Waals surface area contributed by atoms with Crippen LogP contribution in [-0.4, -0.2) is 47.5 Å². The maximum absolute atomic E-state index is 12.6. The molecule has 0 radical (unpaired) electrons. The summed E-state index contributed by atoms with van der Waals surface area (Å²) in [6, 6.07) is 7.64. The third-order valence-electron chi connectivity index (χ3n) is 4.37. The Labute approximate surface area is 130 Å². The van der Waals surface area contributed by atoms with Gasteiger partial charge >= 0.3 is 0 Å². The number of nitrogens with one attached hydrogen (secondary N) is 1. The van der Waals surface area contributed by atoms with Gasteiger partial charge in [-0.2, -0.15) is 0 Å². The topological polar surface area (TPSA) is 58.1 Å². The normalized spacial score (nSPS) is 16.1. The number of hydrogen-bond donors (Lipinski definition) is 1. The van der Waals surface area contributed by atoms with E-state index in [-0.39, 0.29) is 5.91 Å². The number of rotatable bonds is 4. The third kappa shape index (κ3) is 3.25. The summed E-state index contributed by atoms with van der Waals surface area (Å²) < 4.78 is 0. The molecule has 2 heterocycles. The number of likely N-dealkylation sites (tertiary alicyclic amines) is 1. The van der Waals surface area contributed by atoms with E-state index in [1.807, 2.05) is 36.2 Å². The van der Waals surface area contributed by atoms with Crippen molar-refractivity contribution in [1.82, 2.24) is 20.2 Å². The van der Waals surface area contributed by atoms with Crippen LogP contribution in [0.2, 0.25) is 0 Å². The summed E-state index contributed by atoms with van der Waals surface area (Å²) >= 11 is 0. The van der Waals surface area contributed by atoms with Gasteiger partial charge < -0.3 is 10.2 Å². The van der Waals surface area contributed by atoms with Crippen LogP contribution in [0.3, 0.4) is 0 Å². The summed E-state index contributed by atoms with van der Waals surface area (Å²) in [5.74, 6) is 0.726. The lowest BCUT2D eigenvalue weighted by Crippen LogP contribution is -2.39. The Balaban J connectivity index is 1.66. The molecule has 0 atom stereocenters. The Bertz CT molecular complexity index is 650. The maximum atomic E-state index is 12.6. The third-order valence-corrected chi connectivity index (χ3v) is 4.37. The molecular weight excluding hydrogens is 276 g/mol. The summed E-state index contributed by atoms with van der Waals surface area (Å²) in [6.45, 7) is 2.69. The van der Waals surface area contributed by atoms with Crippen molar-refractivity contribution in [3.63, 3.8) is 0 Å². The molecule has 0 bridgehead atoms. The first kappa shape index (κ1) is 14.9. The predicted octanol–water partition coefficient (Wildman–Crippen LogP) is 2.09. The van der Waals surface area contributed by atoms with Gasteiger partial charge in [0, 0.05) is 13.1 Å². The number of para-hydroxylation sites is 2. The van der Waals surface area contributed by atoms with Gasteiger partial charge in [0.1, 0.15) is 5.69 Å². The molecule has 2 aromatic rings. The highest BCUT2D eigenvalue weighted by Gasteiger charge is 2.24. The van der Waals surface area contributed by atoms with Crippen molar-refractivity contribution in [3.05, 3.63) is 36.2 Å². The molecule has 3 rings (SSSR count). The Hall–Kier alpha value is -2.01. The molecule has 1 N–H and O–H groups in total. The number of aromatic nitrogens is 2. The van der Waals surface area contributed by atoms with Gasteiger partial charge in [-0.05, 0) is 50.9 Å². The van der Waals surface area contributed by atoms with Crippen molar-refractivity contribution in [3.8, 4) is 0 Å². The van der Waals surface area contributed by atoms with Gasteiger partial charge in [-0.25, -0.2) is 4.98 Å². The van der Waals surface area contributed by atoms with Crippen molar-refractivity contribution >= 4 is 16.9 Å². The number of carbonyl (C=O) groups is 1. The zero-order chi connectivity index (χ0) is 15.4. The Morgan fingerprint density at radius 2 is 2.00 bits per heavy atom. The maximum Gasteiger partial charge on any atom is 0.274 e. The van der Waals surface area contributed by atoms with Crippen LogP contribution in [0.15, 0.2) is 30.5 Å². The van der Waals surface area contributed by atoms with Crippen LogP contribution in [0.4, 0.5) is 0 Å². The zero-order valence-corrected chi connectivity index (χ0v) is 13.0. The molecule has 1 aromatic carbocycles. The van der Waals surface area contributed by atoms with Crippen molar-refractivity contribution in [1.29, 1.82) is 0 Å². The van der Waals surface area contributed by atoms with E-state index in [1.165, 1.54) is 6.42 Å². The van der Waals surface area contributed by atoms with Crippen LogP contribution in [0.1, 0.15) is 29.8 Å². The lowest BCUT2D eigenvalue weighted by atomic mass is 9.93. The number of hydrogen-bond acceptors (Lipinski definition) is 4. The van der Waals surface area contributed by atoms with Crippen LogP contribution in [0, 0.1) is 5.92 Å². The van der Waals surface area contributed by atoms with Crippen LogP contribution in [0.25, 0.3) is 11.0 Å². The highest BCUT2D eigenvalue weighted by atomic mass is 16.2. The van der Waals surface area contributed by atoms with Gasteiger partial charge in [0.2, 0.25) is 0 Å². The SMILES string of the molecule is CNCCC1CCN(C(=O)c2cnc3ccccc3n2)CC1. The van der Waals surface area contributed by atoms with Gasteiger partial charge in [0.25, 0.3) is 5.91 Å². The van der Waals surface area contributed by atoms with Gasteiger partial charge in [-0.1, -0.05) is 12.1 Å². The molecule has 1 amide bonds. The van der Waals surface area contributed by atoms with E-state index < -0.39 is 0 Å². The van der Waals surface area contributed by atoms with E-state index in [0.29, 0.717) is 5.69 Å². The highest BCUT2D eigenvalue weighted by molar-refractivity contribution is 5.93. The summed E-state index contributed by atoms with van der Waals surface area (Å²) in [6.07, 6.45) is 4.94. The van der Waals surface area contributed by atoms with Gasteiger partial charge in [-0.3, -0.25) is 9.78 Å². The van der Waals surface area contributed by atoms with Crippen molar-refractivity contribution < 1.29 is 4.79 Å². The summed E-state index contributed by atoms with van der Waals surface area (Å²) in [5.41, 5.74) is 2.05. The molecule has 0 saturated carbocycles. The van der Waals surface area contributed by atoms with Crippen LogP contribution < -0.4 is 5.32 Å². The second-order valence-corrected chi connectivity index (χ2v) is 5.87. The highest BCUT2D eigenvalue weighted by Crippen LogP contribution is 2.21. The van der Waals surface area contributed by atoms with Crippen molar-refractivity contribution in [2.45, 2.75) is 19.3 Å². The Morgan fingerprint density at radius 1 is 1.27 bits per heavy atom. The number of piperidine rings is 1. The fourth-order valence-electron chi connectivity index (χ4n) is 3.00. The minimum Gasteiger partial charge on any atom is -0.337 e. The first-order valence-electron chi connectivity index (χ1n) is 7.93. The fourth-order valence-corrected chi connectivity index (χ4v) is 3.00. The molecule has 5 nitrogen and oxygen atoms in total. The van der Waals surface area contributed by atoms with E-state index in [0.717, 1.165) is 49.4 Å². The van der Waals surface area contributed by atoms with Crippen LogP contribution in [0.5, 0.6) is 0 Å². The quantitative estimate of drug-likeness (QED) is 0.939. The molecule has 0 aliphatic carbocycles. The molecule has 1 aliphatic rings. The number of carbonyl (C=O) groups excluding carboxylic acids is 1. The zero-order valence-electron chi connectivity index (χ0n) is 13.0. The van der Waals surface area contributed by atoms with Crippen LogP contribution in [-0.2, 0) is 0 Å². The molecule has 1 saturated heterocycles. The first-order chi connectivity index (χ1) is 10.8. The van der Waals surface area contributed by atoms with Gasteiger partial charge in [0.05, 0.1) is 17.2 Å². The van der Waals surface area contributed by atoms with E-state index in [1.54, 1.807) is 6.20 Å². The largest absolute Gasteiger partial charge is 0.337 e. The lowest BCUT2D eigenvalue weighted by Gasteiger charge is -2.31. The average molecular weight is 298 g/mol. The second kappa shape index (κ2) is 6.83. The minimum absolute atomic E-state index is 0.00493. The minimum atomic E-state index is 0.00493. The molecule has 0 unspecified atom stereocenters. The number of nitrogens with zero attached hydrogens (tertiary/aromatic N) is 3. The molecule has 1 aliphatic heterocycles. The monoisotopic (exact) mass is 298 g/mol. The van der Waals surface area contributed by atoms with E-state index in [9.17, 15) is 4.79 Å². The van der Waals surface area contributed by atoms with E-state index in [2.05, 4.69) is 15.3 Å². The second-order valence-electron chi connectivity index (χ2n) is 5.87. The van der Waals surface area contributed by atoms with Crippen LogP contribution >= 0.6 is 0 Å². The molecule has 1 aromatic heterocycles. The first-order valence-corrected chi connectivity index (χ1v) is 7.93. The van der Waals surface area contributed by atoms with Gasteiger partial charge in [-0.15, -0.1) is 0 Å². The smallest absolute Gasteiger partial charge is 0.274 e. The van der Waals surface area contributed by atoms with E-state index >= 15 is 0 Å². The molecule has 5 heteroatoms. The molecule has 116 valence electrons. The summed E-state index contributed by atoms with van der Waals surface area (Å²) in [5, 5.41) is 3.19. The Kier molecular flexibility index (Phi) is 4.63. The van der Waals surface area contributed by atoms with E-state index in [4.69, 9.17) is 0 Å².